The molecule has 1 aliphatic carbocycles. The topological polar surface area (TPSA) is 83.6 Å². The third-order valence-corrected chi connectivity index (χ3v) is 3.58. The number of fused-ring (bicyclic) bond motifs is 1. The first-order valence-electron chi connectivity index (χ1n) is 5.62. The second-order valence-corrected chi connectivity index (χ2v) is 4.55. The highest BCUT2D eigenvalue weighted by atomic mass is 16.6. The van der Waals surface area contributed by atoms with Crippen molar-refractivity contribution in [3.05, 3.63) is 39.4 Å². The van der Waals surface area contributed by atoms with Gasteiger partial charge in [-0.05, 0) is 30.4 Å². The molecule has 0 radical (unpaired) electrons. The Hall–Kier alpha value is -1.46. The van der Waals surface area contributed by atoms with Crippen LogP contribution < -0.4 is 0 Å². The standard InChI is InChI=1S/C12H15NO4/c14-7-12(8-15)5-1-2-9-6-10(13(16)17)3-4-11(9)12/h3-4,6,14-15H,1-2,5,7-8H2. The maximum absolute atomic E-state index is 10.7. The lowest BCUT2D eigenvalue weighted by atomic mass is 9.71. The molecule has 0 saturated carbocycles. The maximum atomic E-state index is 10.7. The molecule has 0 fully saturated rings. The normalized spacial score (nSPS) is 17.5. The number of nitro groups is 1. The van der Waals surface area contributed by atoms with Gasteiger partial charge in [0.1, 0.15) is 0 Å². The molecule has 2 rings (SSSR count). The van der Waals surface area contributed by atoms with Gasteiger partial charge in [0.2, 0.25) is 0 Å². The fraction of sp³-hybridized carbons (Fsp3) is 0.500. The molecule has 0 atom stereocenters. The van der Waals surface area contributed by atoms with Gasteiger partial charge in [0.05, 0.1) is 18.1 Å². The van der Waals surface area contributed by atoms with Crippen LogP contribution in [0.5, 0.6) is 0 Å². The predicted molar refractivity (Wildman–Crippen MR) is 61.9 cm³/mol. The van der Waals surface area contributed by atoms with Crippen molar-refractivity contribution in [2.24, 2.45) is 0 Å². The molecule has 17 heavy (non-hydrogen) atoms. The van der Waals surface area contributed by atoms with Gasteiger partial charge in [-0.2, -0.15) is 0 Å². The molecular formula is C12H15NO4. The van der Waals surface area contributed by atoms with Crippen LogP contribution in [0, 0.1) is 10.1 Å². The summed E-state index contributed by atoms with van der Waals surface area (Å²) in [6.07, 6.45) is 2.30. The molecule has 0 bridgehead atoms. The summed E-state index contributed by atoms with van der Waals surface area (Å²) >= 11 is 0. The van der Waals surface area contributed by atoms with Crippen LogP contribution in [0.25, 0.3) is 0 Å². The first-order valence-corrected chi connectivity index (χ1v) is 5.62. The van der Waals surface area contributed by atoms with Gasteiger partial charge in [0.25, 0.3) is 5.69 Å². The molecular weight excluding hydrogens is 222 g/mol. The summed E-state index contributed by atoms with van der Waals surface area (Å²) in [6, 6.07) is 4.65. The molecule has 5 nitrogen and oxygen atoms in total. The fourth-order valence-electron chi connectivity index (χ4n) is 2.55. The van der Waals surface area contributed by atoms with Crippen molar-refractivity contribution in [3.8, 4) is 0 Å². The molecule has 92 valence electrons. The Morgan fingerprint density at radius 1 is 1.35 bits per heavy atom. The van der Waals surface area contributed by atoms with Gasteiger partial charge in [0, 0.05) is 17.5 Å². The summed E-state index contributed by atoms with van der Waals surface area (Å²) < 4.78 is 0. The molecule has 0 unspecified atom stereocenters. The number of non-ortho nitro benzene ring substituents is 1. The van der Waals surface area contributed by atoms with Gasteiger partial charge in [-0.1, -0.05) is 6.07 Å². The van der Waals surface area contributed by atoms with Crippen molar-refractivity contribution >= 4 is 5.69 Å². The molecule has 1 aromatic carbocycles. The summed E-state index contributed by atoms with van der Waals surface area (Å²) in [5.74, 6) is 0. The lowest BCUT2D eigenvalue weighted by Gasteiger charge is -2.35. The fourth-order valence-corrected chi connectivity index (χ4v) is 2.55. The predicted octanol–water partition coefficient (Wildman–Crippen LogP) is 1.15. The average Bonchev–Trinajstić information content (AvgIpc) is 2.37. The Kier molecular flexibility index (Phi) is 3.13. The number of hydrogen-bond donors (Lipinski definition) is 2. The first-order chi connectivity index (χ1) is 8.13. The monoisotopic (exact) mass is 237 g/mol. The van der Waals surface area contributed by atoms with Crippen LogP contribution in [-0.4, -0.2) is 28.4 Å². The minimum Gasteiger partial charge on any atom is -0.395 e. The summed E-state index contributed by atoms with van der Waals surface area (Å²) in [7, 11) is 0. The van der Waals surface area contributed by atoms with Crippen LogP contribution >= 0.6 is 0 Å². The SMILES string of the molecule is O=[N+]([O-])c1ccc2c(c1)CCCC2(CO)CO. The lowest BCUT2D eigenvalue weighted by molar-refractivity contribution is -0.385. The summed E-state index contributed by atoms with van der Waals surface area (Å²) in [5, 5.41) is 29.6. The minimum absolute atomic E-state index is 0.0652. The van der Waals surface area contributed by atoms with E-state index in [0.29, 0.717) is 6.42 Å². The van der Waals surface area contributed by atoms with Crippen molar-refractivity contribution in [2.75, 3.05) is 13.2 Å². The van der Waals surface area contributed by atoms with Crippen LogP contribution in [0.15, 0.2) is 18.2 Å². The Bertz CT molecular complexity index is 440. The van der Waals surface area contributed by atoms with E-state index in [0.717, 1.165) is 24.0 Å². The highest BCUT2D eigenvalue weighted by Crippen LogP contribution is 2.38. The van der Waals surface area contributed by atoms with E-state index < -0.39 is 10.3 Å². The zero-order valence-electron chi connectivity index (χ0n) is 9.43. The Labute approximate surface area is 98.9 Å². The quantitative estimate of drug-likeness (QED) is 0.610. The van der Waals surface area contributed by atoms with Crippen LogP contribution in [0.3, 0.4) is 0 Å². The molecule has 0 heterocycles. The van der Waals surface area contributed by atoms with Crippen molar-refractivity contribution in [1.29, 1.82) is 0 Å². The van der Waals surface area contributed by atoms with E-state index in [2.05, 4.69) is 0 Å². The van der Waals surface area contributed by atoms with Crippen molar-refractivity contribution in [2.45, 2.75) is 24.7 Å². The van der Waals surface area contributed by atoms with E-state index >= 15 is 0 Å². The maximum Gasteiger partial charge on any atom is 0.269 e. The molecule has 2 N–H and O–H groups in total. The second kappa shape index (κ2) is 4.43. The Morgan fingerprint density at radius 3 is 2.65 bits per heavy atom. The molecule has 1 aromatic rings. The summed E-state index contributed by atoms with van der Waals surface area (Å²) in [6.45, 7) is -0.261. The van der Waals surface area contributed by atoms with E-state index in [-0.39, 0.29) is 18.9 Å². The van der Waals surface area contributed by atoms with Crippen LogP contribution in [0.1, 0.15) is 24.0 Å². The lowest BCUT2D eigenvalue weighted by Crippen LogP contribution is -2.38. The van der Waals surface area contributed by atoms with Gasteiger partial charge in [-0.15, -0.1) is 0 Å². The van der Waals surface area contributed by atoms with E-state index in [1.165, 1.54) is 6.07 Å². The van der Waals surface area contributed by atoms with E-state index in [1.807, 2.05) is 0 Å². The van der Waals surface area contributed by atoms with E-state index in [4.69, 9.17) is 0 Å². The number of aryl methyl sites for hydroxylation is 1. The van der Waals surface area contributed by atoms with Crippen LogP contribution in [0.2, 0.25) is 0 Å². The van der Waals surface area contributed by atoms with Crippen molar-refractivity contribution in [1.82, 2.24) is 0 Å². The van der Waals surface area contributed by atoms with Crippen LogP contribution in [-0.2, 0) is 11.8 Å². The average molecular weight is 237 g/mol. The molecule has 0 aromatic heterocycles. The largest absolute Gasteiger partial charge is 0.395 e. The molecule has 0 saturated heterocycles. The number of aliphatic hydroxyl groups excluding tert-OH is 2. The van der Waals surface area contributed by atoms with Gasteiger partial charge < -0.3 is 10.2 Å². The summed E-state index contributed by atoms with van der Waals surface area (Å²) in [5.41, 5.74) is 1.14. The first kappa shape index (κ1) is 12.0. The third kappa shape index (κ3) is 1.92. The number of benzene rings is 1. The van der Waals surface area contributed by atoms with Gasteiger partial charge in [-0.3, -0.25) is 10.1 Å². The Morgan fingerprint density at radius 2 is 2.06 bits per heavy atom. The van der Waals surface area contributed by atoms with Crippen molar-refractivity contribution in [3.63, 3.8) is 0 Å². The number of hydrogen-bond acceptors (Lipinski definition) is 4. The van der Waals surface area contributed by atoms with Gasteiger partial charge in [-0.25, -0.2) is 0 Å². The number of nitro benzene ring substituents is 1. The molecule has 0 aliphatic heterocycles. The molecule has 0 amide bonds. The van der Waals surface area contributed by atoms with Gasteiger partial charge >= 0.3 is 0 Å². The van der Waals surface area contributed by atoms with Crippen molar-refractivity contribution < 1.29 is 15.1 Å². The van der Waals surface area contributed by atoms with Gasteiger partial charge in [0.15, 0.2) is 0 Å². The Balaban J connectivity index is 2.50. The smallest absolute Gasteiger partial charge is 0.269 e. The molecule has 1 aliphatic rings. The molecule has 0 spiro atoms. The number of rotatable bonds is 3. The highest BCUT2D eigenvalue weighted by molar-refractivity contribution is 5.45. The highest BCUT2D eigenvalue weighted by Gasteiger charge is 2.36. The third-order valence-electron chi connectivity index (χ3n) is 3.58. The number of aliphatic hydroxyl groups is 2. The molecule has 5 heteroatoms. The minimum atomic E-state index is -0.636. The summed E-state index contributed by atoms with van der Waals surface area (Å²) in [4.78, 5) is 10.3. The zero-order valence-corrected chi connectivity index (χ0v) is 9.43. The van der Waals surface area contributed by atoms with Crippen LogP contribution in [0.4, 0.5) is 5.69 Å². The number of nitrogens with zero attached hydrogens (tertiary/aromatic N) is 1. The second-order valence-electron chi connectivity index (χ2n) is 4.55. The zero-order chi connectivity index (χ0) is 12.5. The van der Waals surface area contributed by atoms with E-state index in [9.17, 15) is 20.3 Å². The van der Waals surface area contributed by atoms with E-state index in [1.54, 1.807) is 12.1 Å².